The SMILES string of the molecule is c1ccc(-c2ccc3c(c2)c2cc(-c4ccccc4)ccc2n3-c2ccc(-c3ccc4c5c6ccccc6sc5n(-c5ccccc5)c4c3)cc2)cc1. The Bertz CT molecular complexity index is 3030. The Morgan fingerprint density at radius 2 is 0.792 bits per heavy atom. The summed E-state index contributed by atoms with van der Waals surface area (Å²) in [6.45, 7) is 0. The summed E-state index contributed by atoms with van der Waals surface area (Å²) in [5.74, 6) is 0. The second-order valence-corrected chi connectivity index (χ2v) is 14.8. The van der Waals surface area contributed by atoms with Crippen molar-refractivity contribution < 1.29 is 0 Å². The summed E-state index contributed by atoms with van der Waals surface area (Å²) in [5.41, 5.74) is 13.3. The van der Waals surface area contributed by atoms with Crippen LogP contribution in [0.1, 0.15) is 0 Å². The zero-order chi connectivity index (χ0) is 34.9. The largest absolute Gasteiger partial charge is 0.309 e. The van der Waals surface area contributed by atoms with Gasteiger partial charge in [-0.05, 0) is 94.0 Å². The zero-order valence-electron chi connectivity index (χ0n) is 28.8. The zero-order valence-corrected chi connectivity index (χ0v) is 29.6. The molecule has 0 fully saturated rings. The van der Waals surface area contributed by atoms with E-state index < -0.39 is 0 Å². The van der Waals surface area contributed by atoms with Crippen LogP contribution in [0.5, 0.6) is 0 Å². The fourth-order valence-corrected chi connectivity index (χ4v) is 9.48. The molecule has 0 radical (unpaired) electrons. The highest BCUT2D eigenvalue weighted by atomic mass is 32.1. The van der Waals surface area contributed by atoms with Crippen molar-refractivity contribution in [3.05, 3.63) is 194 Å². The number of hydrogen-bond acceptors (Lipinski definition) is 1. The maximum Gasteiger partial charge on any atom is 0.109 e. The topological polar surface area (TPSA) is 9.86 Å². The molecule has 11 aromatic rings. The molecule has 0 spiro atoms. The number of hydrogen-bond donors (Lipinski definition) is 0. The van der Waals surface area contributed by atoms with Crippen molar-refractivity contribution in [2.45, 2.75) is 0 Å². The Balaban J connectivity index is 1.06. The molecule has 3 heterocycles. The van der Waals surface area contributed by atoms with Crippen LogP contribution in [0.4, 0.5) is 0 Å². The van der Waals surface area contributed by atoms with E-state index >= 15 is 0 Å². The van der Waals surface area contributed by atoms with Gasteiger partial charge in [0.2, 0.25) is 0 Å². The second-order valence-electron chi connectivity index (χ2n) is 13.8. The number of rotatable bonds is 5. The van der Waals surface area contributed by atoms with Gasteiger partial charge in [0, 0.05) is 43.0 Å². The number of benzene rings is 8. The van der Waals surface area contributed by atoms with Crippen molar-refractivity contribution in [3.8, 4) is 44.8 Å². The van der Waals surface area contributed by atoms with Crippen molar-refractivity contribution in [1.82, 2.24) is 9.13 Å². The molecule has 8 aromatic carbocycles. The molecule has 0 atom stereocenters. The van der Waals surface area contributed by atoms with Gasteiger partial charge in [0.15, 0.2) is 0 Å². The van der Waals surface area contributed by atoms with Crippen molar-refractivity contribution >= 4 is 64.3 Å². The first kappa shape index (κ1) is 30.0. The molecule has 0 aliphatic heterocycles. The molecular formula is C50H32N2S. The normalized spacial score (nSPS) is 11.8. The van der Waals surface area contributed by atoms with E-state index in [9.17, 15) is 0 Å². The lowest BCUT2D eigenvalue weighted by Gasteiger charge is -2.11. The molecule has 0 amide bonds. The Kier molecular flexibility index (Phi) is 6.76. The van der Waals surface area contributed by atoms with Crippen LogP contribution in [-0.4, -0.2) is 9.13 Å². The van der Waals surface area contributed by atoms with Crippen LogP contribution in [-0.2, 0) is 0 Å². The third-order valence-electron chi connectivity index (χ3n) is 10.7. The number of aromatic nitrogens is 2. The van der Waals surface area contributed by atoms with Crippen LogP contribution in [0.15, 0.2) is 194 Å². The number of para-hydroxylation sites is 1. The van der Waals surface area contributed by atoms with Crippen molar-refractivity contribution in [3.63, 3.8) is 0 Å². The highest BCUT2D eigenvalue weighted by Gasteiger charge is 2.19. The molecule has 3 heteroatoms. The van der Waals surface area contributed by atoms with Crippen LogP contribution >= 0.6 is 11.3 Å². The monoisotopic (exact) mass is 692 g/mol. The molecular weight excluding hydrogens is 661 g/mol. The molecule has 0 unspecified atom stereocenters. The summed E-state index contributed by atoms with van der Waals surface area (Å²) in [6, 6.07) is 70.8. The molecule has 3 aromatic heterocycles. The summed E-state index contributed by atoms with van der Waals surface area (Å²) in [7, 11) is 0. The smallest absolute Gasteiger partial charge is 0.109 e. The lowest BCUT2D eigenvalue weighted by atomic mass is 10.0. The van der Waals surface area contributed by atoms with Crippen LogP contribution in [0.25, 0.3) is 97.8 Å². The molecule has 53 heavy (non-hydrogen) atoms. The number of nitrogens with zero attached hydrogens (tertiary/aromatic N) is 2. The molecule has 0 saturated heterocycles. The first-order valence-electron chi connectivity index (χ1n) is 18.1. The summed E-state index contributed by atoms with van der Waals surface area (Å²) >= 11 is 1.87. The standard InChI is InChI=1S/C50H32N2S/c1-4-12-33(13-5-1)36-23-28-45-43(30-36)44-31-37(34-14-6-2-7-15-34)24-29-46(44)51(45)40-25-20-35(21-26-40)38-22-27-41-47(32-38)52(39-16-8-3-9-17-39)50-49(41)42-18-10-11-19-48(42)53-50/h1-32H. The maximum absolute atomic E-state index is 2.44. The third-order valence-corrected chi connectivity index (χ3v) is 11.9. The lowest BCUT2D eigenvalue weighted by Crippen LogP contribution is -1.94. The molecule has 0 N–H and O–H groups in total. The molecule has 0 saturated carbocycles. The van der Waals surface area contributed by atoms with Gasteiger partial charge in [0.1, 0.15) is 4.83 Å². The molecule has 0 aliphatic rings. The Morgan fingerprint density at radius 3 is 1.43 bits per heavy atom. The molecule has 0 aliphatic carbocycles. The fraction of sp³-hybridized carbons (Fsp3) is 0. The fourth-order valence-electron chi connectivity index (χ4n) is 8.23. The van der Waals surface area contributed by atoms with E-state index in [1.807, 2.05) is 11.3 Å². The van der Waals surface area contributed by atoms with Crippen LogP contribution in [0.3, 0.4) is 0 Å². The lowest BCUT2D eigenvalue weighted by molar-refractivity contribution is 1.18. The first-order chi connectivity index (χ1) is 26.3. The van der Waals surface area contributed by atoms with Crippen molar-refractivity contribution in [1.29, 1.82) is 0 Å². The number of fused-ring (bicyclic) bond motifs is 8. The average molecular weight is 693 g/mol. The van der Waals surface area contributed by atoms with E-state index in [-0.39, 0.29) is 0 Å². The highest BCUT2D eigenvalue weighted by molar-refractivity contribution is 7.25. The van der Waals surface area contributed by atoms with Gasteiger partial charge in [-0.1, -0.05) is 133 Å². The molecule has 0 bridgehead atoms. The van der Waals surface area contributed by atoms with Gasteiger partial charge in [-0.3, -0.25) is 0 Å². The van der Waals surface area contributed by atoms with Gasteiger partial charge in [-0.25, -0.2) is 0 Å². The van der Waals surface area contributed by atoms with Gasteiger partial charge in [0.25, 0.3) is 0 Å². The van der Waals surface area contributed by atoms with Crippen molar-refractivity contribution in [2.75, 3.05) is 0 Å². The van der Waals surface area contributed by atoms with Crippen LogP contribution in [0, 0.1) is 0 Å². The summed E-state index contributed by atoms with van der Waals surface area (Å²) in [5, 5.41) is 6.45. The van der Waals surface area contributed by atoms with Gasteiger partial charge in [-0.15, -0.1) is 11.3 Å². The first-order valence-corrected chi connectivity index (χ1v) is 18.9. The van der Waals surface area contributed by atoms with E-state index in [1.54, 1.807) is 0 Å². The molecule has 248 valence electrons. The van der Waals surface area contributed by atoms with Gasteiger partial charge in [0.05, 0.1) is 16.6 Å². The molecule has 11 rings (SSSR count). The van der Waals surface area contributed by atoms with E-state index in [4.69, 9.17) is 0 Å². The van der Waals surface area contributed by atoms with E-state index in [0.717, 1.165) is 5.69 Å². The van der Waals surface area contributed by atoms with Crippen molar-refractivity contribution in [2.24, 2.45) is 0 Å². The minimum absolute atomic E-state index is 1.15. The summed E-state index contributed by atoms with van der Waals surface area (Å²) in [4.78, 5) is 1.29. The van der Waals surface area contributed by atoms with E-state index in [0.29, 0.717) is 0 Å². The van der Waals surface area contributed by atoms with Gasteiger partial charge in [-0.2, -0.15) is 0 Å². The van der Waals surface area contributed by atoms with Gasteiger partial charge >= 0.3 is 0 Å². The summed E-state index contributed by atoms with van der Waals surface area (Å²) < 4.78 is 6.18. The Labute approximate surface area is 311 Å². The second kappa shape index (κ2) is 11.9. The van der Waals surface area contributed by atoms with Crippen LogP contribution in [0.2, 0.25) is 0 Å². The van der Waals surface area contributed by atoms with E-state index in [1.165, 1.54) is 92.1 Å². The average Bonchev–Trinajstić information content (AvgIpc) is 3.88. The predicted molar refractivity (Wildman–Crippen MR) is 227 cm³/mol. The minimum Gasteiger partial charge on any atom is -0.309 e. The number of thiophene rings is 1. The third kappa shape index (κ3) is 4.78. The maximum atomic E-state index is 2.44. The van der Waals surface area contributed by atoms with Crippen LogP contribution < -0.4 is 0 Å². The van der Waals surface area contributed by atoms with E-state index in [2.05, 4.69) is 203 Å². The van der Waals surface area contributed by atoms with Gasteiger partial charge < -0.3 is 9.13 Å². The summed E-state index contributed by atoms with van der Waals surface area (Å²) in [6.07, 6.45) is 0. The Hall–Kier alpha value is -6.68. The predicted octanol–water partition coefficient (Wildman–Crippen LogP) is 14.1. The highest BCUT2D eigenvalue weighted by Crippen LogP contribution is 2.44. The minimum atomic E-state index is 1.15. The quantitative estimate of drug-likeness (QED) is 0.170. The Morgan fingerprint density at radius 1 is 0.302 bits per heavy atom. The molecule has 2 nitrogen and oxygen atoms in total.